The maximum atomic E-state index is 11.9. The van der Waals surface area contributed by atoms with Crippen LogP contribution in [-0.2, 0) is 4.74 Å². The van der Waals surface area contributed by atoms with Gasteiger partial charge in [-0.05, 0) is 37.0 Å². The molecule has 4 heteroatoms. The molecule has 18 heavy (non-hydrogen) atoms. The first-order chi connectivity index (χ1) is 8.45. The van der Waals surface area contributed by atoms with E-state index in [0.717, 1.165) is 18.4 Å². The highest BCUT2D eigenvalue weighted by Gasteiger charge is 2.15. The summed E-state index contributed by atoms with van der Waals surface area (Å²) in [5.74, 6) is -0.0341. The van der Waals surface area contributed by atoms with Gasteiger partial charge in [0.15, 0.2) is 0 Å². The minimum absolute atomic E-state index is 0.300. The Labute approximate surface area is 108 Å². The van der Waals surface area contributed by atoms with Gasteiger partial charge < -0.3 is 16.2 Å². The van der Waals surface area contributed by atoms with Gasteiger partial charge in [-0.3, -0.25) is 0 Å². The van der Waals surface area contributed by atoms with Crippen molar-refractivity contribution >= 4 is 17.3 Å². The number of carbonyl (C=O) groups is 1. The van der Waals surface area contributed by atoms with Crippen LogP contribution in [0.3, 0.4) is 0 Å². The van der Waals surface area contributed by atoms with Crippen LogP contribution >= 0.6 is 0 Å². The highest BCUT2D eigenvalue weighted by Crippen LogP contribution is 2.23. The van der Waals surface area contributed by atoms with Crippen molar-refractivity contribution in [1.29, 1.82) is 0 Å². The van der Waals surface area contributed by atoms with Crippen molar-refractivity contribution in [3.63, 3.8) is 0 Å². The van der Waals surface area contributed by atoms with Crippen LogP contribution in [0.2, 0.25) is 0 Å². The molecule has 0 saturated carbocycles. The standard InChI is InChI=1S/C14H22N2O2/c1-4-5-9(2)8-18-14(17)11-6-10(3)7-12(15)13(11)16/h6-7,9H,4-5,8,15-16H2,1-3H3. The van der Waals surface area contributed by atoms with Gasteiger partial charge in [-0.25, -0.2) is 4.79 Å². The molecule has 100 valence electrons. The molecule has 4 N–H and O–H groups in total. The smallest absolute Gasteiger partial charge is 0.340 e. The van der Waals surface area contributed by atoms with Crippen molar-refractivity contribution in [2.45, 2.75) is 33.6 Å². The van der Waals surface area contributed by atoms with Crippen LogP contribution in [0.25, 0.3) is 0 Å². The van der Waals surface area contributed by atoms with E-state index in [1.54, 1.807) is 12.1 Å². The Morgan fingerprint density at radius 1 is 1.39 bits per heavy atom. The maximum absolute atomic E-state index is 11.9. The summed E-state index contributed by atoms with van der Waals surface area (Å²) in [6.07, 6.45) is 2.12. The molecule has 1 aromatic rings. The van der Waals surface area contributed by atoms with Crippen molar-refractivity contribution in [2.24, 2.45) is 5.92 Å². The number of rotatable bonds is 5. The topological polar surface area (TPSA) is 78.3 Å². The summed E-state index contributed by atoms with van der Waals surface area (Å²) >= 11 is 0. The number of esters is 1. The predicted octanol–water partition coefficient (Wildman–Crippen LogP) is 2.75. The summed E-state index contributed by atoms with van der Waals surface area (Å²) in [6, 6.07) is 3.45. The largest absolute Gasteiger partial charge is 0.462 e. The van der Waals surface area contributed by atoms with Crippen molar-refractivity contribution in [2.75, 3.05) is 18.1 Å². The SMILES string of the molecule is CCCC(C)COC(=O)c1cc(C)cc(N)c1N. The Hall–Kier alpha value is -1.71. The Bertz CT molecular complexity index is 430. The van der Waals surface area contributed by atoms with E-state index in [-0.39, 0.29) is 0 Å². The van der Waals surface area contributed by atoms with Gasteiger partial charge in [-0.15, -0.1) is 0 Å². The second kappa shape index (κ2) is 6.28. The zero-order chi connectivity index (χ0) is 13.7. The molecule has 0 radical (unpaired) electrons. The lowest BCUT2D eigenvalue weighted by Gasteiger charge is -2.13. The summed E-state index contributed by atoms with van der Waals surface area (Å²) in [6.45, 7) is 6.45. The number of benzene rings is 1. The third-order valence-corrected chi connectivity index (χ3v) is 2.86. The zero-order valence-electron chi connectivity index (χ0n) is 11.3. The van der Waals surface area contributed by atoms with Gasteiger partial charge in [0.25, 0.3) is 0 Å². The highest BCUT2D eigenvalue weighted by atomic mass is 16.5. The Morgan fingerprint density at radius 2 is 2.06 bits per heavy atom. The fourth-order valence-corrected chi connectivity index (χ4v) is 1.87. The van der Waals surface area contributed by atoms with Crippen LogP contribution in [0.15, 0.2) is 12.1 Å². The van der Waals surface area contributed by atoms with Gasteiger partial charge in [0.1, 0.15) is 0 Å². The third kappa shape index (κ3) is 3.65. The average Bonchev–Trinajstić information content (AvgIpc) is 2.31. The fourth-order valence-electron chi connectivity index (χ4n) is 1.87. The normalized spacial score (nSPS) is 12.2. The minimum atomic E-state index is -0.397. The first-order valence-corrected chi connectivity index (χ1v) is 6.28. The van der Waals surface area contributed by atoms with Gasteiger partial charge in [0, 0.05) is 0 Å². The molecular formula is C14H22N2O2. The van der Waals surface area contributed by atoms with E-state index in [2.05, 4.69) is 13.8 Å². The first-order valence-electron chi connectivity index (χ1n) is 6.28. The van der Waals surface area contributed by atoms with Crippen LogP contribution in [0.4, 0.5) is 11.4 Å². The van der Waals surface area contributed by atoms with Gasteiger partial charge in [0.05, 0.1) is 23.5 Å². The minimum Gasteiger partial charge on any atom is -0.462 e. The number of hydrogen-bond donors (Lipinski definition) is 2. The number of nitrogen functional groups attached to an aromatic ring is 2. The van der Waals surface area contributed by atoms with E-state index in [1.807, 2.05) is 6.92 Å². The van der Waals surface area contributed by atoms with Crippen molar-refractivity contribution in [3.8, 4) is 0 Å². The lowest BCUT2D eigenvalue weighted by Crippen LogP contribution is -2.14. The Balaban J connectivity index is 2.73. The molecule has 0 aromatic heterocycles. The summed E-state index contributed by atoms with van der Waals surface area (Å²) in [5.41, 5.74) is 13.5. The number of aryl methyl sites for hydroxylation is 1. The van der Waals surface area contributed by atoms with Crippen LogP contribution in [-0.4, -0.2) is 12.6 Å². The summed E-state index contributed by atoms with van der Waals surface area (Å²) in [7, 11) is 0. The number of nitrogens with two attached hydrogens (primary N) is 2. The van der Waals surface area contributed by atoms with Crippen molar-refractivity contribution < 1.29 is 9.53 Å². The van der Waals surface area contributed by atoms with Gasteiger partial charge in [0.2, 0.25) is 0 Å². The molecule has 0 aliphatic rings. The average molecular weight is 250 g/mol. The maximum Gasteiger partial charge on any atom is 0.340 e. The summed E-state index contributed by atoms with van der Waals surface area (Å²) in [4.78, 5) is 11.9. The van der Waals surface area contributed by atoms with E-state index < -0.39 is 5.97 Å². The Kier molecular flexibility index (Phi) is 5.01. The summed E-state index contributed by atoms with van der Waals surface area (Å²) < 4.78 is 5.26. The zero-order valence-corrected chi connectivity index (χ0v) is 11.3. The van der Waals surface area contributed by atoms with Crippen LogP contribution in [0, 0.1) is 12.8 Å². The summed E-state index contributed by atoms with van der Waals surface area (Å²) in [5, 5.41) is 0. The number of anilines is 2. The van der Waals surface area contributed by atoms with Gasteiger partial charge >= 0.3 is 5.97 Å². The molecule has 0 aliphatic carbocycles. The molecule has 0 heterocycles. The molecule has 0 fully saturated rings. The molecule has 0 bridgehead atoms. The lowest BCUT2D eigenvalue weighted by atomic mass is 10.1. The second-order valence-electron chi connectivity index (χ2n) is 4.81. The predicted molar refractivity (Wildman–Crippen MR) is 74.4 cm³/mol. The molecule has 1 atom stereocenters. The molecule has 0 aliphatic heterocycles. The third-order valence-electron chi connectivity index (χ3n) is 2.86. The number of ether oxygens (including phenoxy) is 1. The fraction of sp³-hybridized carbons (Fsp3) is 0.500. The molecule has 0 saturated heterocycles. The van der Waals surface area contributed by atoms with Crippen LogP contribution in [0.1, 0.15) is 42.6 Å². The molecule has 0 amide bonds. The molecule has 1 rings (SSSR count). The van der Waals surface area contributed by atoms with E-state index in [1.165, 1.54) is 0 Å². The van der Waals surface area contributed by atoms with E-state index in [9.17, 15) is 4.79 Å². The quantitative estimate of drug-likeness (QED) is 0.622. The highest BCUT2D eigenvalue weighted by molar-refractivity contribution is 5.98. The molecule has 1 unspecified atom stereocenters. The van der Waals surface area contributed by atoms with Crippen LogP contribution < -0.4 is 11.5 Å². The lowest BCUT2D eigenvalue weighted by molar-refractivity contribution is 0.0445. The number of carbonyl (C=O) groups excluding carboxylic acids is 1. The molecular weight excluding hydrogens is 228 g/mol. The van der Waals surface area contributed by atoms with Crippen LogP contribution in [0.5, 0.6) is 0 Å². The van der Waals surface area contributed by atoms with E-state index in [4.69, 9.17) is 16.2 Å². The van der Waals surface area contributed by atoms with E-state index in [0.29, 0.717) is 29.5 Å². The monoisotopic (exact) mass is 250 g/mol. The van der Waals surface area contributed by atoms with Crippen molar-refractivity contribution in [1.82, 2.24) is 0 Å². The first kappa shape index (κ1) is 14.4. The van der Waals surface area contributed by atoms with E-state index >= 15 is 0 Å². The van der Waals surface area contributed by atoms with Crippen molar-refractivity contribution in [3.05, 3.63) is 23.3 Å². The molecule has 0 spiro atoms. The second-order valence-corrected chi connectivity index (χ2v) is 4.81. The molecule has 4 nitrogen and oxygen atoms in total. The van der Waals surface area contributed by atoms with Gasteiger partial charge in [-0.1, -0.05) is 20.3 Å². The van der Waals surface area contributed by atoms with Gasteiger partial charge in [-0.2, -0.15) is 0 Å². The Morgan fingerprint density at radius 3 is 2.67 bits per heavy atom. The molecule has 1 aromatic carbocycles. The number of hydrogen-bond acceptors (Lipinski definition) is 4.